The van der Waals surface area contributed by atoms with E-state index in [-0.39, 0.29) is 30.4 Å². The van der Waals surface area contributed by atoms with Gasteiger partial charge in [-0.05, 0) is 53.3 Å². The summed E-state index contributed by atoms with van der Waals surface area (Å²) >= 11 is 0. The molecule has 0 bridgehead atoms. The lowest BCUT2D eigenvalue weighted by atomic mass is 10.1. The van der Waals surface area contributed by atoms with Crippen LogP contribution in [0, 0.1) is 11.6 Å². The van der Waals surface area contributed by atoms with E-state index in [1.54, 1.807) is 39.5 Å². The summed E-state index contributed by atoms with van der Waals surface area (Å²) < 4.78 is 38.4. The van der Waals surface area contributed by atoms with Crippen molar-refractivity contribution in [2.75, 3.05) is 6.54 Å². The predicted octanol–water partition coefficient (Wildman–Crippen LogP) is 4.13. The number of halogens is 2. The molecule has 1 amide bonds. The molecule has 0 unspecified atom stereocenters. The highest BCUT2D eigenvalue weighted by atomic mass is 19.1. The van der Waals surface area contributed by atoms with Gasteiger partial charge in [0.05, 0.1) is 6.54 Å². The first-order valence-corrected chi connectivity index (χ1v) is 9.40. The molecule has 2 rings (SSSR count). The molecule has 0 aliphatic rings. The quantitative estimate of drug-likeness (QED) is 0.739. The Labute approximate surface area is 169 Å². The van der Waals surface area contributed by atoms with E-state index in [0.717, 1.165) is 0 Å². The average Bonchev–Trinajstić information content (AvgIpc) is 3.04. The first kappa shape index (κ1) is 22.7. The van der Waals surface area contributed by atoms with Crippen molar-refractivity contribution in [2.24, 2.45) is 0 Å². The summed E-state index contributed by atoms with van der Waals surface area (Å²) in [6, 6.07) is 3.78. The summed E-state index contributed by atoms with van der Waals surface area (Å²) in [5.41, 5.74) is -1.58. The maximum Gasteiger partial charge on any atom is 0.408 e. The molecule has 0 atom stereocenters. The minimum absolute atomic E-state index is 0.0130. The van der Waals surface area contributed by atoms with Gasteiger partial charge in [-0.3, -0.25) is 4.90 Å². The number of nitrogens with one attached hydrogen (secondary N) is 1. The Morgan fingerprint density at radius 1 is 1.17 bits per heavy atom. The highest BCUT2D eigenvalue weighted by Gasteiger charge is 2.31. The third-order valence-electron chi connectivity index (χ3n) is 4.09. The molecule has 1 aromatic heterocycles. The van der Waals surface area contributed by atoms with Crippen LogP contribution in [0.15, 0.2) is 22.7 Å². The van der Waals surface area contributed by atoms with Crippen molar-refractivity contribution >= 4 is 6.09 Å². The Balaban J connectivity index is 2.07. The van der Waals surface area contributed by atoms with Gasteiger partial charge in [-0.15, -0.1) is 0 Å². The number of nitrogens with zero attached hydrogens (tertiary/aromatic N) is 3. The molecule has 0 aliphatic carbocycles. The van der Waals surface area contributed by atoms with Crippen LogP contribution in [-0.4, -0.2) is 33.3 Å². The molecule has 0 aliphatic heterocycles. The molecule has 1 aromatic carbocycles. The molecule has 0 saturated carbocycles. The maximum atomic E-state index is 13.9. The lowest BCUT2D eigenvalue weighted by Gasteiger charge is -2.26. The second-order valence-electron chi connectivity index (χ2n) is 8.27. The SMILES string of the molecule is CCN(Cc1nc(C(C)(C)NC(=O)OC(C)(C)C)no1)Cc1c(F)cccc1F. The fourth-order valence-electron chi connectivity index (χ4n) is 2.57. The van der Waals surface area contributed by atoms with Gasteiger partial charge in [-0.25, -0.2) is 13.6 Å². The van der Waals surface area contributed by atoms with E-state index in [1.807, 2.05) is 6.92 Å². The third kappa shape index (κ3) is 6.49. The molecule has 1 heterocycles. The van der Waals surface area contributed by atoms with E-state index in [2.05, 4.69) is 15.5 Å². The van der Waals surface area contributed by atoms with E-state index in [9.17, 15) is 13.6 Å². The molecule has 2 aromatic rings. The molecule has 9 heteroatoms. The molecule has 0 fully saturated rings. The van der Waals surface area contributed by atoms with Crippen molar-refractivity contribution < 1.29 is 22.8 Å². The summed E-state index contributed by atoms with van der Waals surface area (Å²) in [6.45, 7) is 11.4. The number of rotatable bonds is 7. The smallest absolute Gasteiger partial charge is 0.408 e. The zero-order chi connectivity index (χ0) is 21.8. The summed E-state index contributed by atoms with van der Waals surface area (Å²) in [7, 11) is 0. The van der Waals surface area contributed by atoms with Crippen molar-refractivity contribution in [3.05, 3.63) is 47.1 Å². The Morgan fingerprint density at radius 3 is 2.34 bits per heavy atom. The highest BCUT2D eigenvalue weighted by Crippen LogP contribution is 2.20. The zero-order valence-corrected chi connectivity index (χ0v) is 17.7. The molecule has 0 saturated heterocycles. The number of aromatic nitrogens is 2. The zero-order valence-electron chi connectivity index (χ0n) is 17.7. The van der Waals surface area contributed by atoms with Crippen LogP contribution in [0.5, 0.6) is 0 Å². The number of hydrogen-bond acceptors (Lipinski definition) is 6. The fraction of sp³-hybridized carbons (Fsp3) is 0.550. The second-order valence-corrected chi connectivity index (χ2v) is 8.27. The number of amides is 1. The Hall–Kier alpha value is -2.55. The van der Waals surface area contributed by atoms with Gasteiger partial charge in [0.2, 0.25) is 5.89 Å². The van der Waals surface area contributed by atoms with Gasteiger partial charge in [0, 0.05) is 12.1 Å². The Kier molecular flexibility index (Phi) is 6.94. The molecule has 1 N–H and O–H groups in total. The van der Waals surface area contributed by atoms with Crippen LogP contribution in [-0.2, 0) is 23.4 Å². The number of alkyl carbamates (subject to hydrolysis) is 1. The minimum Gasteiger partial charge on any atom is -0.444 e. The molecular formula is C20H28F2N4O3. The Bertz CT molecular complexity index is 826. The lowest BCUT2D eigenvalue weighted by molar-refractivity contribution is 0.0465. The van der Waals surface area contributed by atoms with Crippen molar-refractivity contribution in [3.8, 4) is 0 Å². The van der Waals surface area contributed by atoms with E-state index in [1.165, 1.54) is 18.2 Å². The normalized spacial score (nSPS) is 12.3. The highest BCUT2D eigenvalue weighted by molar-refractivity contribution is 5.68. The maximum absolute atomic E-state index is 13.9. The van der Waals surface area contributed by atoms with Gasteiger partial charge in [0.1, 0.15) is 22.8 Å². The van der Waals surface area contributed by atoms with Gasteiger partial charge in [-0.1, -0.05) is 18.1 Å². The van der Waals surface area contributed by atoms with Crippen LogP contribution in [0.25, 0.3) is 0 Å². The summed E-state index contributed by atoms with van der Waals surface area (Å²) in [5, 5.41) is 6.64. The standard InChI is InChI=1S/C20H28F2N4O3/c1-7-26(11-13-14(21)9-8-10-15(13)22)12-16-23-17(25-29-16)20(5,6)24-18(27)28-19(2,3)4/h8-10H,7,11-12H2,1-6H3,(H,24,27). The van der Waals surface area contributed by atoms with Crippen LogP contribution in [0.4, 0.5) is 13.6 Å². The van der Waals surface area contributed by atoms with Crippen LogP contribution < -0.4 is 5.32 Å². The van der Waals surface area contributed by atoms with Crippen LogP contribution in [0.3, 0.4) is 0 Å². The number of hydrogen-bond donors (Lipinski definition) is 1. The lowest BCUT2D eigenvalue weighted by Crippen LogP contribution is -2.44. The minimum atomic E-state index is -0.932. The second kappa shape index (κ2) is 8.86. The number of ether oxygens (including phenoxy) is 1. The monoisotopic (exact) mass is 410 g/mol. The van der Waals surface area contributed by atoms with Gasteiger partial charge >= 0.3 is 6.09 Å². The van der Waals surface area contributed by atoms with Crippen molar-refractivity contribution in [1.82, 2.24) is 20.4 Å². The summed E-state index contributed by atoms with van der Waals surface area (Å²) in [4.78, 5) is 18.1. The molecule has 0 radical (unpaired) electrons. The number of carbonyl (C=O) groups excluding carboxylic acids is 1. The van der Waals surface area contributed by atoms with Crippen molar-refractivity contribution in [2.45, 2.75) is 65.8 Å². The van der Waals surface area contributed by atoms with E-state index in [4.69, 9.17) is 9.26 Å². The average molecular weight is 410 g/mol. The summed E-state index contributed by atoms with van der Waals surface area (Å²) in [5.74, 6) is -0.654. The van der Waals surface area contributed by atoms with E-state index < -0.39 is 28.9 Å². The molecule has 0 spiro atoms. The third-order valence-corrected chi connectivity index (χ3v) is 4.09. The predicted molar refractivity (Wildman–Crippen MR) is 103 cm³/mol. The first-order valence-electron chi connectivity index (χ1n) is 9.40. The van der Waals surface area contributed by atoms with Crippen molar-refractivity contribution in [3.63, 3.8) is 0 Å². The topological polar surface area (TPSA) is 80.5 Å². The Morgan fingerprint density at radius 2 is 1.79 bits per heavy atom. The van der Waals surface area contributed by atoms with Crippen molar-refractivity contribution in [1.29, 1.82) is 0 Å². The number of carbonyl (C=O) groups is 1. The molecular weight excluding hydrogens is 382 g/mol. The van der Waals surface area contributed by atoms with Gasteiger partial charge in [0.25, 0.3) is 0 Å². The largest absolute Gasteiger partial charge is 0.444 e. The number of benzene rings is 1. The van der Waals surface area contributed by atoms with Gasteiger partial charge in [-0.2, -0.15) is 4.98 Å². The van der Waals surface area contributed by atoms with Gasteiger partial charge < -0.3 is 14.6 Å². The first-order chi connectivity index (χ1) is 13.4. The van der Waals surface area contributed by atoms with Gasteiger partial charge in [0.15, 0.2) is 5.82 Å². The van der Waals surface area contributed by atoms with E-state index in [0.29, 0.717) is 6.54 Å². The fourth-order valence-corrected chi connectivity index (χ4v) is 2.57. The van der Waals surface area contributed by atoms with Crippen LogP contribution in [0.1, 0.15) is 58.8 Å². The molecule has 7 nitrogen and oxygen atoms in total. The van der Waals surface area contributed by atoms with Crippen LogP contribution >= 0.6 is 0 Å². The summed E-state index contributed by atoms with van der Waals surface area (Å²) in [6.07, 6.45) is -0.598. The molecule has 160 valence electrons. The van der Waals surface area contributed by atoms with E-state index >= 15 is 0 Å². The molecule has 29 heavy (non-hydrogen) atoms. The van der Waals surface area contributed by atoms with Crippen LogP contribution in [0.2, 0.25) is 0 Å².